The van der Waals surface area contributed by atoms with Crippen LogP contribution in [0.5, 0.6) is 11.5 Å². The molecule has 0 bridgehead atoms. The molecular weight excluding hydrogens is 334 g/mol. The van der Waals surface area contributed by atoms with Crippen LogP contribution in [0.15, 0.2) is 12.1 Å². The Morgan fingerprint density at radius 1 is 1.08 bits per heavy atom. The van der Waals surface area contributed by atoms with Crippen LogP contribution in [0.2, 0.25) is 0 Å². The minimum atomic E-state index is -0.425. The molecule has 0 saturated heterocycles. The zero-order valence-electron chi connectivity index (χ0n) is 16.1. The van der Waals surface area contributed by atoms with Crippen molar-refractivity contribution in [3.05, 3.63) is 23.3 Å². The first-order chi connectivity index (χ1) is 12.6. The lowest BCUT2D eigenvalue weighted by Gasteiger charge is -2.42. The standard InChI is InChI=1S/C20H33NO5/c1-4-16(24)11-21-8-7-14-9-18(25-5-2)19(26-6-3)10-17(14)20(21)15(12-22)13-23/h9-10,15-16,20,22-24H,4-8,11-13H2,1-3H3. The first-order valence-corrected chi connectivity index (χ1v) is 9.65. The lowest BCUT2D eigenvalue weighted by atomic mass is 9.84. The van der Waals surface area contributed by atoms with Crippen LogP contribution in [0.25, 0.3) is 0 Å². The van der Waals surface area contributed by atoms with Gasteiger partial charge < -0.3 is 24.8 Å². The van der Waals surface area contributed by atoms with E-state index in [9.17, 15) is 15.3 Å². The van der Waals surface area contributed by atoms with E-state index < -0.39 is 6.10 Å². The molecule has 1 heterocycles. The van der Waals surface area contributed by atoms with E-state index in [1.54, 1.807) is 0 Å². The minimum Gasteiger partial charge on any atom is -0.490 e. The van der Waals surface area contributed by atoms with E-state index in [1.807, 2.05) is 32.9 Å². The van der Waals surface area contributed by atoms with Crippen molar-refractivity contribution in [2.75, 3.05) is 39.5 Å². The van der Waals surface area contributed by atoms with E-state index >= 15 is 0 Å². The van der Waals surface area contributed by atoms with Crippen LogP contribution in [0, 0.1) is 5.92 Å². The van der Waals surface area contributed by atoms with Gasteiger partial charge in [-0.1, -0.05) is 6.92 Å². The summed E-state index contributed by atoms with van der Waals surface area (Å²) in [6, 6.07) is 3.85. The Morgan fingerprint density at radius 2 is 1.69 bits per heavy atom. The number of rotatable bonds is 10. The molecule has 0 aliphatic carbocycles. The topological polar surface area (TPSA) is 82.4 Å². The number of aliphatic hydroxyl groups is 3. The molecule has 0 radical (unpaired) electrons. The first kappa shape index (κ1) is 21.0. The molecule has 6 heteroatoms. The fourth-order valence-electron chi connectivity index (χ4n) is 3.66. The maximum absolute atomic E-state index is 10.1. The Hall–Kier alpha value is -1.34. The van der Waals surface area contributed by atoms with Gasteiger partial charge in [0.2, 0.25) is 0 Å². The molecular formula is C20H33NO5. The van der Waals surface area contributed by atoms with Crippen LogP contribution in [-0.2, 0) is 6.42 Å². The first-order valence-electron chi connectivity index (χ1n) is 9.65. The third-order valence-corrected chi connectivity index (χ3v) is 5.02. The summed E-state index contributed by atoms with van der Waals surface area (Å²) in [5, 5.41) is 29.8. The molecule has 0 aromatic heterocycles. The largest absolute Gasteiger partial charge is 0.490 e. The van der Waals surface area contributed by atoms with Gasteiger partial charge in [-0.05, 0) is 49.9 Å². The number of β-amino-alcohol motifs (C(OH)–C–C–N with tert-alkyl or cyclic N) is 1. The fourth-order valence-corrected chi connectivity index (χ4v) is 3.66. The normalized spacial score (nSPS) is 18.7. The number of benzene rings is 1. The van der Waals surface area contributed by atoms with Crippen LogP contribution < -0.4 is 9.47 Å². The van der Waals surface area contributed by atoms with Crippen LogP contribution in [0.1, 0.15) is 44.4 Å². The molecule has 0 saturated carbocycles. The van der Waals surface area contributed by atoms with Gasteiger partial charge in [-0.15, -0.1) is 0 Å². The average molecular weight is 367 g/mol. The smallest absolute Gasteiger partial charge is 0.161 e. The van der Waals surface area contributed by atoms with Crippen molar-refractivity contribution in [3.63, 3.8) is 0 Å². The molecule has 0 amide bonds. The van der Waals surface area contributed by atoms with Gasteiger partial charge in [0.05, 0.1) is 19.3 Å². The van der Waals surface area contributed by atoms with Crippen LogP contribution in [-0.4, -0.2) is 65.8 Å². The highest BCUT2D eigenvalue weighted by atomic mass is 16.5. The van der Waals surface area contributed by atoms with Crippen molar-refractivity contribution < 1.29 is 24.8 Å². The van der Waals surface area contributed by atoms with E-state index in [1.165, 1.54) is 0 Å². The van der Waals surface area contributed by atoms with Gasteiger partial charge in [-0.3, -0.25) is 4.90 Å². The van der Waals surface area contributed by atoms with Gasteiger partial charge in [-0.2, -0.15) is 0 Å². The van der Waals surface area contributed by atoms with Crippen LogP contribution >= 0.6 is 0 Å². The summed E-state index contributed by atoms with van der Waals surface area (Å²) in [6.07, 6.45) is 1.08. The Kier molecular flexibility index (Phi) is 8.15. The molecule has 1 aliphatic rings. The molecule has 1 aromatic carbocycles. The zero-order valence-corrected chi connectivity index (χ0v) is 16.1. The average Bonchev–Trinajstić information content (AvgIpc) is 2.65. The third-order valence-electron chi connectivity index (χ3n) is 5.02. The number of ether oxygens (including phenoxy) is 2. The highest BCUT2D eigenvalue weighted by Gasteiger charge is 2.35. The number of hydrogen-bond acceptors (Lipinski definition) is 6. The van der Waals surface area contributed by atoms with Gasteiger partial charge in [0.1, 0.15) is 0 Å². The quantitative estimate of drug-likeness (QED) is 0.585. The summed E-state index contributed by atoms with van der Waals surface area (Å²) < 4.78 is 11.5. The van der Waals surface area contributed by atoms with Crippen molar-refractivity contribution in [1.29, 1.82) is 0 Å². The molecule has 1 aromatic rings. The molecule has 148 valence electrons. The maximum atomic E-state index is 10.1. The van der Waals surface area contributed by atoms with E-state index in [0.717, 1.165) is 29.8 Å². The fraction of sp³-hybridized carbons (Fsp3) is 0.700. The summed E-state index contributed by atoms with van der Waals surface area (Å²) in [5.74, 6) is 1.11. The number of hydrogen-bond donors (Lipinski definition) is 3. The number of aliphatic hydroxyl groups excluding tert-OH is 3. The second-order valence-corrected chi connectivity index (χ2v) is 6.74. The summed E-state index contributed by atoms with van der Waals surface area (Å²) in [7, 11) is 0. The lowest BCUT2D eigenvalue weighted by molar-refractivity contribution is 0.0207. The van der Waals surface area contributed by atoms with Crippen molar-refractivity contribution in [3.8, 4) is 11.5 Å². The van der Waals surface area contributed by atoms with Gasteiger partial charge in [-0.25, -0.2) is 0 Å². The number of nitrogens with zero attached hydrogens (tertiary/aromatic N) is 1. The van der Waals surface area contributed by atoms with E-state index in [4.69, 9.17) is 9.47 Å². The maximum Gasteiger partial charge on any atom is 0.161 e. The summed E-state index contributed by atoms with van der Waals surface area (Å²) >= 11 is 0. The minimum absolute atomic E-state index is 0.115. The Morgan fingerprint density at radius 3 is 2.23 bits per heavy atom. The van der Waals surface area contributed by atoms with Crippen LogP contribution in [0.3, 0.4) is 0 Å². The summed E-state index contributed by atoms with van der Waals surface area (Å²) in [4.78, 5) is 2.17. The molecule has 2 atom stereocenters. The second-order valence-electron chi connectivity index (χ2n) is 6.74. The van der Waals surface area contributed by atoms with E-state index in [2.05, 4.69) is 4.90 Å². The molecule has 3 N–H and O–H groups in total. The van der Waals surface area contributed by atoms with Gasteiger partial charge in [0, 0.05) is 38.3 Å². The van der Waals surface area contributed by atoms with Crippen molar-refractivity contribution >= 4 is 0 Å². The van der Waals surface area contributed by atoms with Crippen LogP contribution in [0.4, 0.5) is 0 Å². The van der Waals surface area contributed by atoms with E-state index in [0.29, 0.717) is 31.9 Å². The highest BCUT2D eigenvalue weighted by Crippen LogP contribution is 2.41. The molecule has 26 heavy (non-hydrogen) atoms. The molecule has 1 aliphatic heterocycles. The monoisotopic (exact) mass is 367 g/mol. The zero-order chi connectivity index (χ0) is 19.1. The van der Waals surface area contributed by atoms with Crippen molar-refractivity contribution in [1.82, 2.24) is 4.90 Å². The number of fused-ring (bicyclic) bond motifs is 1. The predicted molar refractivity (Wildman–Crippen MR) is 101 cm³/mol. The second kappa shape index (κ2) is 10.1. The summed E-state index contributed by atoms with van der Waals surface area (Å²) in [5.41, 5.74) is 2.19. The molecule has 0 spiro atoms. The predicted octanol–water partition coefficient (Wildman–Crippen LogP) is 1.75. The third kappa shape index (κ3) is 4.68. The van der Waals surface area contributed by atoms with Gasteiger partial charge in [0.15, 0.2) is 11.5 Å². The van der Waals surface area contributed by atoms with Crippen molar-refractivity contribution in [2.24, 2.45) is 5.92 Å². The Bertz CT molecular complexity index is 561. The highest BCUT2D eigenvalue weighted by molar-refractivity contribution is 5.49. The van der Waals surface area contributed by atoms with E-state index in [-0.39, 0.29) is 25.2 Å². The molecule has 2 unspecified atom stereocenters. The van der Waals surface area contributed by atoms with Crippen molar-refractivity contribution in [2.45, 2.75) is 45.8 Å². The Balaban J connectivity index is 2.46. The Labute approximate surface area is 156 Å². The van der Waals surface area contributed by atoms with Gasteiger partial charge >= 0.3 is 0 Å². The SMILES string of the molecule is CCOc1cc2c(cc1OCC)C(C(CO)CO)N(CC(O)CC)CC2. The van der Waals surface area contributed by atoms with Gasteiger partial charge in [0.25, 0.3) is 0 Å². The molecule has 0 fully saturated rings. The lowest BCUT2D eigenvalue weighted by Crippen LogP contribution is -2.44. The summed E-state index contributed by atoms with van der Waals surface area (Å²) in [6.45, 7) is 7.99. The molecule has 2 rings (SSSR count). The molecule has 6 nitrogen and oxygen atoms in total.